The van der Waals surface area contributed by atoms with Crippen LogP contribution in [-0.2, 0) is 16.4 Å². The maximum absolute atomic E-state index is 12.1. The smallest absolute Gasteiger partial charge is 0.289 e. The van der Waals surface area contributed by atoms with Gasteiger partial charge in [-0.05, 0) is 18.6 Å². The lowest BCUT2D eigenvalue weighted by Crippen LogP contribution is -2.33. The summed E-state index contributed by atoms with van der Waals surface area (Å²) in [6, 6.07) is 3.23. The zero-order valence-corrected chi connectivity index (χ0v) is 10.8. The molecule has 0 unspecified atom stereocenters. The molecule has 1 aliphatic heterocycles. The molecule has 0 saturated carbocycles. The molecular weight excluding hydrogens is 256 g/mol. The second kappa shape index (κ2) is 5.11. The highest BCUT2D eigenvalue weighted by Crippen LogP contribution is 2.13. The Kier molecular flexibility index (Phi) is 3.72. The Bertz CT molecular complexity index is 535. The van der Waals surface area contributed by atoms with Crippen LogP contribution in [0.2, 0.25) is 0 Å². The molecule has 1 aliphatic rings. The quantitative estimate of drug-likeness (QED) is 0.817. The molecular formula is C11H16N2O4S. The minimum atomic E-state index is -3.01. The van der Waals surface area contributed by atoms with Crippen molar-refractivity contribution in [2.75, 3.05) is 24.6 Å². The molecule has 7 heteroatoms. The number of sulfone groups is 1. The van der Waals surface area contributed by atoms with Gasteiger partial charge in [0.25, 0.3) is 5.91 Å². The van der Waals surface area contributed by atoms with Crippen LogP contribution in [0.1, 0.15) is 22.7 Å². The van der Waals surface area contributed by atoms with Gasteiger partial charge in [-0.3, -0.25) is 4.79 Å². The molecule has 2 rings (SSSR count). The molecule has 1 aromatic rings. The minimum absolute atomic E-state index is 0.0171. The second-order valence-corrected chi connectivity index (χ2v) is 6.57. The van der Waals surface area contributed by atoms with E-state index in [1.54, 1.807) is 12.1 Å². The molecule has 6 nitrogen and oxygen atoms in total. The zero-order chi connectivity index (χ0) is 13.2. The van der Waals surface area contributed by atoms with Crippen LogP contribution in [0.5, 0.6) is 0 Å². The van der Waals surface area contributed by atoms with Crippen LogP contribution in [0.4, 0.5) is 0 Å². The van der Waals surface area contributed by atoms with E-state index in [2.05, 4.69) is 0 Å². The third kappa shape index (κ3) is 2.91. The molecule has 0 bridgehead atoms. The highest BCUT2D eigenvalue weighted by molar-refractivity contribution is 7.91. The lowest BCUT2D eigenvalue weighted by Gasteiger charge is -2.17. The number of carbonyl (C=O) groups is 1. The van der Waals surface area contributed by atoms with Crippen molar-refractivity contribution in [2.24, 2.45) is 5.73 Å². The lowest BCUT2D eigenvalue weighted by molar-refractivity contribution is 0.0734. The number of hydrogen-bond donors (Lipinski definition) is 1. The number of furan rings is 1. The van der Waals surface area contributed by atoms with E-state index in [1.807, 2.05) is 0 Å². The highest BCUT2D eigenvalue weighted by Gasteiger charge is 2.24. The van der Waals surface area contributed by atoms with E-state index >= 15 is 0 Å². The fourth-order valence-corrected chi connectivity index (χ4v) is 3.17. The van der Waals surface area contributed by atoms with E-state index in [9.17, 15) is 13.2 Å². The molecule has 2 N–H and O–H groups in total. The normalized spacial score (nSPS) is 19.5. The summed E-state index contributed by atoms with van der Waals surface area (Å²) in [5.74, 6) is 0.647. The number of amides is 1. The van der Waals surface area contributed by atoms with Crippen LogP contribution in [0.3, 0.4) is 0 Å². The van der Waals surface area contributed by atoms with E-state index in [4.69, 9.17) is 10.2 Å². The third-order valence-corrected chi connectivity index (χ3v) is 4.63. The number of hydrogen-bond acceptors (Lipinski definition) is 5. The van der Waals surface area contributed by atoms with Crippen molar-refractivity contribution < 1.29 is 17.6 Å². The first kappa shape index (κ1) is 13.1. The monoisotopic (exact) mass is 272 g/mol. The van der Waals surface area contributed by atoms with Crippen LogP contribution in [0.25, 0.3) is 0 Å². The highest BCUT2D eigenvalue weighted by atomic mass is 32.2. The number of nitrogens with two attached hydrogens (primary N) is 1. The lowest BCUT2D eigenvalue weighted by atomic mass is 10.3. The molecule has 0 spiro atoms. The molecule has 0 radical (unpaired) electrons. The number of rotatable bonds is 2. The third-order valence-electron chi connectivity index (χ3n) is 2.92. The molecule has 1 aromatic heterocycles. The van der Waals surface area contributed by atoms with Crippen LogP contribution in [0.15, 0.2) is 16.5 Å². The Labute approximate surface area is 106 Å². The van der Waals surface area contributed by atoms with Gasteiger partial charge in [-0.2, -0.15) is 0 Å². The summed E-state index contributed by atoms with van der Waals surface area (Å²) in [5.41, 5.74) is 5.40. The van der Waals surface area contributed by atoms with Gasteiger partial charge in [0.15, 0.2) is 15.6 Å². The molecule has 1 fully saturated rings. The van der Waals surface area contributed by atoms with E-state index in [1.165, 1.54) is 4.90 Å². The molecule has 0 aromatic carbocycles. The molecule has 0 atom stereocenters. The molecule has 1 saturated heterocycles. The average molecular weight is 272 g/mol. The van der Waals surface area contributed by atoms with Crippen molar-refractivity contribution >= 4 is 15.7 Å². The molecule has 18 heavy (non-hydrogen) atoms. The average Bonchev–Trinajstić information content (AvgIpc) is 2.74. The number of nitrogens with zero attached hydrogens (tertiary/aromatic N) is 1. The second-order valence-electron chi connectivity index (χ2n) is 4.27. The van der Waals surface area contributed by atoms with Gasteiger partial charge in [0, 0.05) is 13.1 Å². The summed E-state index contributed by atoms with van der Waals surface area (Å²) >= 11 is 0. The summed E-state index contributed by atoms with van der Waals surface area (Å²) in [6.45, 7) is 0.901. The van der Waals surface area contributed by atoms with Gasteiger partial charge >= 0.3 is 0 Å². The van der Waals surface area contributed by atoms with Crippen molar-refractivity contribution in [3.05, 3.63) is 23.7 Å². The summed E-state index contributed by atoms with van der Waals surface area (Å²) in [4.78, 5) is 13.6. The summed E-state index contributed by atoms with van der Waals surface area (Å²) in [7, 11) is -3.01. The zero-order valence-electron chi connectivity index (χ0n) is 9.96. The first-order valence-electron chi connectivity index (χ1n) is 5.80. The standard InChI is InChI=1S/C11H16N2O4S/c12-8-9-2-3-10(17-9)11(14)13-4-1-6-18(15,16)7-5-13/h2-3H,1,4-8,12H2. The van der Waals surface area contributed by atoms with Gasteiger partial charge in [-0.25, -0.2) is 8.42 Å². The maximum Gasteiger partial charge on any atom is 0.289 e. The van der Waals surface area contributed by atoms with E-state index in [0.717, 1.165) is 0 Å². The van der Waals surface area contributed by atoms with Gasteiger partial charge in [-0.1, -0.05) is 0 Å². The Morgan fingerprint density at radius 2 is 2.11 bits per heavy atom. The van der Waals surface area contributed by atoms with Crippen molar-refractivity contribution in [1.29, 1.82) is 0 Å². The number of carbonyl (C=O) groups excluding carboxylic acids is 1. The predicted octanol–water partition coefficient (Wildman–Crippen LogP) is -0.001000. The van der Waals surface area contributed by atoms with Crippen molar-refractivity contribution in [3.8, 4) is 0 Å². The van der Waals surface area contributed by atoms with Crippen molar-refractivity contribution in [2.45, 2.75) is 13.0 Å². The Hall–Kier alpha value is -1.34. The van der Waals surface area contributed by atoms with Gasteiger partial charge < -0.3 is 15.1 Å². The Balaban J connectivity index is 2.09. The van der Waals surface area contributed by atoms with E-state index in [0.29, 0.717) is 18.7 Å². The Morgan fingerprint density at radius 1 is 1.33 bits per heavy atom. The minimum Gasteiger partial charge on any atom is -0.455 e. The molecule has 100 valence electrons. The first-order chi connectivity index (χ1) is 8.52. The summed E-state index contributed by atoms with van der Waals surface area (Å²) in [5, 5.41) is 0. The van der Waals surface area contributed by atoms with Crippen LogP contribution in [0, 0.1) is 0 Å². The van der Waals surface area contributed by atoms with Crippen LogP contribution < -0.4 is 5.73 Å². The van der Waals surface area contributed by atoms with Gasteiger partial charge in [-0.15, -0.1) is 0 Å². The van der Waals surface area contributed by atoms with Gasteiger partial charge in [0.1, 0.15) is 5.76 Å². The summed E-state index contributed by atoms with van der Waals surface area (Å²) < 4.78 is 28.2. The fourth-order valence-electron chi connectivity index (χ4n) is 1.90. The van der Waals surface area contributed by atoms with Crippen molar-refractivity contribution in [1.82, 2.24) is 4.90 Å². The molecule has 0 aliphatic carbocycles. The van der Waals surface area contributed by atoms with Crippen LogP contribution in [-0.4, -0.2) is 43.8 Å². The topological polar surface area (TPSA) is 93.6 Å². The SMILES string of the molecule is NCc1ccc(C(=O)N2CCCS(=O)(=O)CC2)o1. The van der Waals surface area contributed by atoms with Crippen molar-refractivity contribution in [3.63, 3.8) is 0 Å². The van der Waals surface area contributed by atoms with Gasteiger partial charge in [0.05, 0.1) is 18.1 Å². The maximum atomic E-state index is 12.1. The summed E-state index contributed by atoms with van der Waals surface area (Å²) in [6.07, 6.45) is 0.471. The Morgan fingerprint density at radius 3 is 2.78 bits per heavy atom. The van der Waals surface area contributed by atoms with Crippen LogP contribution >= 0.6 is 0 Å². The molecule has 1 amide bonds. The fraction of sp³-hybridized carbons (Fsp3) is 0.545. The van der Waals surface area contributed by atoms with E-state index < -0.39 is 9.84 Å². The molecule has 2 heterocycles. The largest absolute Gasteiger partial charge is 0.455 e. The van der Waals surface area contributed by atoms with Gasteiger partial charge in [0.2, 0.25) is 0 Å². The first-order valence-corrected chi connectivity index (χ1v) is 7.62. The van der Waals surface area contributed by atoms with E-state index in [-0.39, 0.29) is 36.3 Å². The predicted molar refractivity (Wildman–Crippen MR) is 65.8 cm³/mol.